The maximum Gasteiger partial charge on any atom is 0.433 e. The van der Waals surface area contributed by atoms with Gasteiger partial charge in [-0.15, -0.1) is 0 Å². The van der Waals surface area contributed by atoms with Crippen molar-refractivity contribution in [1.29, 1.82) is 0 Å². The third-order valence-corrected chi connectivity index (χ3v) is 6.89. The number of Topliss-reactive ketones (excluding diaryl/α,β-unsaturated/α-hetero) is 1. The monoisotopic (exact) mass is 628 g/mol. The molecule has 0 aliphatic carbocycles. The molecule has 2 N–H and O–H groups in total. The number of ketones is 1. The van der Waals surface area contributed by atoms with Gasteiger partial charge in [0.25, 0.3) is 0 Å². The van der Waals surface area contributed by atoms with E-state index >= 15 is 0 Å². The summed E-state index contributed by atoms with van der Waals surface area (Å²) in [5, 5.41) is 10.4. The van der Waals surface area contributed by atoms with Crippen LogP contribution in [0.4, 0.5) is 29.5 Å². The van der Waals surface area contributed by atoms with Crippen LogP contribution in [0.25, 0.3) is 5.69 Å². The zero-order valence-corrected chi connectivity index (χ0v) is 25.3. The van der Waals surface area contributed by atoms with Gasteiger partial charge in [0, 0.05) is 47.7 Å². The molecule has 3 aromatic heterocycles. The van der Waals surface area contributed by atoms with Crippen LogP contribution in [0.15, 0.2) is 97.5 Å². The minimum absolute atomic E-state index is 0.0722. The molecule has 2 amide bonds. The Bertz CT molecular complexity index is 1810. The first-order valence-corrected chi connectivity index (χ1v) is 14.4. The van der Waals surface area contributed by atoms with Crippen LogP contribution in [0.5, 0.6) is 11.5 Å². The molecule has 0 saturated heterocycles. The third-order valence-electron chi connectivity index (χ3n) is 6.89. The number of carbonyl (C=O) groups is 2. The van der Waals surface area contributed by atoms with Gasteiger partial charge in [0.1, 0.15) is 23.0 Å². The Kier molecular flexibility index (Phi) is 9.17. The van der Waals surface area contributed by atoms with Crippen molar-refractivity contribution < 1.29 is 27.5 Å². The summed E-state index contributed by atoms with van der Waals surface area (Å²) < 4.78 is 45.8. The number of carbonyl (C=O) groups excluding carboxylic acids is 2. The van der Waals surface area contributed by atoms with Gasteiger partial charge >= 0.3 is 12.2 Å². The van der Waals surface area contributed by atoms with E-state index < -0.39 is 17.9 Å². The van der Waals surface area contributed by atoms with Crippen molar-refractivity contribution in [2.24, 2.45) is 0 Å². The molecule has 0 atom stereocenters. The second-order valence-electron chi connectivity index (χ2n) is 11.5. The van der Waals surface area contributed by atoms with Crippen LogP contribution < -0.4 is 15.4 Å². The Balaban J connectivity index is 1.28. The van der Waals surface area contributed by atoms with Crippen molar-refractivity contribution in [3.63, 3.8) is 0 Å². The van der Waals surface area contributed by atoms with E-state index in [9.17, 15) is 22.8 Å². The lowest BCUT2D eigenvalue weighted by atomic mass is 9.92. The van der Waals surface area contributed by atoms with Crippen molar-refractivity contribution in [3.05, 3.63) is 120 Å². The number of anilines is 2. The number of hydrogen-bond acceptors (Lipinski definition) is 6. The molecule has 0 fully saturated rings. The summed E-state index contributed by atoms with van der Waals surface area (Å²) in [6.45, 7) is 5.99. The van der Waals surface area contributed by atoms with Gasteiger partial charge in [0.2, 0.25) is 0 Å². The molecule has 0 spiro atoms. The Labute approximate surface area is 263 Å². The molecule has 5 rings (SSSR count). The minimum Gasteiger partial charge on any atom is -0.457 e. The molecule has 0 aliphatic rings. The smallest absolute Gasteiger partial charge is 0.433 e. The van der Waals surface area contributed by atoms with Gasteiger partial charge in [0.05, 0.1) is 11.4 Å². The van der Waals surface area contributed by atoms with E-state index in [0.717, 1.165) is 12.3 Å². The minimum atomic E-state index is -4.52. The second kappa shape index (κ2) is 13.2. The first-order valence-electron chi connectivity index (χ1n) is 14.4. The maximum absolute atomic E-state index is 13.1. The number of aryl methyl sites for hydroxylation is 1. The average molecular weight is 629 g/mol. The molecular formula is C34H31F3N6O3. The fourth-order valence-electron chi connectivity index (χ4n) is 4.41. The first-order chi connectivity index (χ1) is 21.8. The molecule has 46 heavy (non-hydrogen) atoms. The van der Waals surface area contributed by atoms with Crippen LogP contribution in [0.3, 0.4) is 0 Å². The number of urea groups is 1. The highest BCUT2D eigenvalue weighted by Gasteiger charge is 2.32. The zero-order chi connectivity index (χ0) is 32.9. The largest absolute Gasteiger partial charge is 0.457 e. The second-order valence-corrected chi connectivity index (χ2v) is 11.5. The summed E-state index contributed by atoms with van der Waals surface area (Å²) in [4.78, 5) is 33.5. The fourth-order valence-corrected chi connectivity index (χ4v) is 4.41. The number of benzene rings is 2. The number of rotatable bonds is 9. The van der Waals surface area contributed by atoms with Crippen molar-refractivity contribution in [1.82, 2.24) is 19.7 Å². The van der Waals surface area contributed by atoms with Crippen molar-refractivity contribution in [2.75, 3.05) is 10.6 Å². The first kappa shape index (κ1) is 31.9. The topological polar surface area (TPSA) is 111 Å². The summed E-state index contributed by atoms with van der Waals surface area (Å²) in [6, 6.07) is 20.7. The number of aromatic nitrogens is 4. The molecule has 0 saturated carbocycles. The van der Waals surface area contributed by atoms with Crippen LogP contribution in [-0.4, -0.2) is 31.6 Å². The normalized spacial score (nSPS) is 11.6. The van der Waals surface area contributed by atoms with Crippen LogP contribution >= 0.6 is 0 Å². The van der Waals surface area contributed by atoms with Crippen LogP contribution in [-0.2, 0) is 18.0 Å². The lowest BCUT2D eigenvalue weighted by molar-refractivity contribution is -0.141. The number of amides is 2. The van der Waals surface area contributed by atoms with Crippen LogP contribution in [0.2, 0.25) is 0 Å². The number of pyridine rings is 2. The highest BCUT2D eigenvalue weighted by Crippen LogP contribution is 2.29. The van der Waals surface area contributed by atoms with E-state index in [1.54, 1.807) is 83.8 Å². The molecule has 0 radical (unpaired) electrons. The standard InChI is InChI=1S/C34H31F3N6O3/c1-33(2,3)30-20-31(41-32(45)40-24-9-11-26(12-10-24)46-27-15-17-38-18-16-27)43(42-30)25-6-4-5-23(19-25)28(44)13-7-22-8-14-29(39-21-22)34(35,36)37/h4-6,8-12,14-21H,7,13H2,1-3H3,(H2,40,41,45). The fraction of sp³-hybridized carbons (Fsp3) is 0.206. The third kappa shape index (κ3) is 8.14. The summed E-state index contributed by atoms with van der Waals surface area (Å²) in [6.07, 6.45) is 0.175. The Hall–Kier alpha value is -5.52. The summed E-state index contributed by atoms with van der Waals surface area (Å²) >= 11 is 0. The number of halogens is 3. The summed E-state index contributed by atoms with van der Waals surface area (Å²) in [7, 11) is 0. The average Bonchev–Trinajstić information content (AvgIpc) is 3.45. The lowest BCUT2D eigenvalue weighted by Crippen LogP contribution is -2.21. The van der Waals surface area contributed by atoms with E-state index in [0.29, 0.717) is 45.5 Å². The van der Waals surface area contributed by atoms with E-state index in [-0.39, 0.29) is 24.0 Å². The van der Waals surface area contributed by atoms with Gasteiger partial charge in [-0.05, 0) is 66.6 Å². The molecular weight excluding hydrogens is 597 g/mol. The molecule has 5 aromatic rings. The van der Waals surface area contributed by atoms with E-state index in [4.69, 9.17) is 9.84 Å². The quantitative estimate of drug-likeness (QED) is 0.159. The molecule has 2 aromatic carbocycles. The van der Waals surface area contributed by atoms with Gasteiger partial charge < -0.3 is 10.1 Å². The molecule has 0 unspecified atom stereocenters. The predicted molar refractivity (Wildman–Crippen MR) is 168 cm³/mol. The van der Waals surface area contributed by atoms with Crippen LogP contribution in [0.1, 0.15) is 54.5 Å². The van der Waals surface area contributed by atoms with Crippen molar-refractivity contribution in [2.45, 2.75) is 45.2 Å². The summed E-state index contributed by atoms with van der Waals surface area (Å²) in [5.74, 6) is 1.42. The van der Waals surface area contributed by atoms with Crippen molar-refractivity contribution >= 4 is 23.3 Å². The molecule has 236 valence electrons. The molecule has 3 heterocycles. The molecule has 12 heteroatoms. The van der Waals surface area contributed by atoms with Gasteiger partial charge in [-0.25, -0.2) is 9.48 Å². The Morgan fingerprint density at radius 3 is 2.22 bits per heavy atom. The van der Waals surface area contributed by atoms with Gasteiger partial charge in [-0.3, -0.25) is 20.1 Å². The van der Waals surface area contributed by atoms with E-state index in [1.807, 2.05) is 20.8 Å². The Morgan fingerprint density at radius 1 is 0.848 bits per heavy atom. The Morgan fingerprint density at radius 2 is 1.57 bits per heavy atom. The maximum atomic E-state index is 13.1. The highest BCUT2D eigenvalue weighted by molar-refractivity contribution is 5.99. The zero-order valence-electron chi connectivity index (χ0n) is 25.3. The predicted octanol–water partition coefficient (Wildman–Crippen LogP) is 8.23. The highest BCUT2D eigenvalue weighted by atomic mass is 19.4. The van der Waals surface area contributed by atoms with E-state index in [1.165, 1.54) is 6.07 Å². The number of hydrogen-bond donors (Lipinski definition) is 2. The lowest BCUT2D eigenvalue weighted by Gasteiger charge is -2.14. The molecule has 9 nitrogen and oxygen atoms in total. The van der Waals surface area contributed by atoms with Gasteiger partial charge in [0.15, 0.2) is 5.78 Å². The summed E-state index contributed by atoms with van der Waals surface area (Å²) in [5.41, 5.74) is 1.40. The SMILES string of the molecule is CC(C)(C)c1cc(NC(=O)Nc2ccc(Oc3ccncc3)cc2)n(-c2cccc(C(=O)CCc3ccc(C(F)(F)F)nc3)c2)n1. The van der Waals surface area contributed by atoms with Crippen molar-refractivity contribution in [3.8, 4) is 17.2 Å². The van der Waals surface area contributed by atoms with Crippen LogP contribution in [0, 0.1) is 0 Å². The van der Waals surface area contributed by atoms with Gasteiger partial charge in [-0.2, -0.15) is 18.3 Å². The number of nitrogens with one attached hydrogen (secondary N) is 2. The molecule has 0 aliphatic heterocycles. The van der Waals surface area contributed by atoms with E-state index in [2.05, 4.69) is 20.6 Å². The number of alkyl halides is 3. The number of ether oxygens (including phenoxy) is 1. The molecule has 0 bridgehead atoms. The van der Waals surface area contributed by atoms with Gasteiger partial charge in [-0.1, -0.05) is 39.0 Å². The number of nitrogens with zero attached hydrogens (tertiary/aromatic N) is 4.